The van der Waals surface area contributed by atoms with Crippen LogP contribution in [0, 0.1) is 12.7 Å². The first-order chi connectivity index (χ1) is 14.3. The second kappa shape index (κ2) is 8.96. The standard InChI is InChI=1S/C22H21FN2O4S/c1-3-29-19-10-8-18(9-11-19)25-30(27,28)20-12-5-16(6-13-20)22(26)24-21-14-17(23)7-4-15(21)2/h4-14,25H,3H2,1-2H3,(H,24,26). The Kier molecular flexibility index (Phi) is 6.37. The number of anilines is 2. The van der Waals surface area contributed by atoms with Gasteiger partial charge in [0.15, 0.2) is 0 Å². The average molecular weight is 428 g/mol. The number of nitrogens with one attached hydrogen (secondary N) is 2. The van der Waals surface area contributed by atoms with Crippen molar-refractivity contribution in [3.8, 4) is 5.75 Å². The smallest absolute Gasteiger partial charge is 0.261 e. The molecule has 30 heavy (non-hydrogen) atoms. The number of hydrogen-bond donors (Lipinski definition) is 2. The summed E-state index contributed by atoms with van der Waals surface area (Å²) < 4.78 is 46.4. The van der Waals surface area contributed by atoms with Crippen LogP contribution < -0.4 is 14.8 Å². The number of halogens is 1. The van der Waals surface area contributed by atoms with Gasteiger partial charge in [-0.15, -0.1) is 0 Å². The van der Waals surface area contributed by atoms with Crippen molar-refractivity contribution >= 4 is 27.3 Å². The molecule has 0 bridgehead atoms. The first-order valence-corrected chi connectivity index (χ1v) is 10.7. The van der Waals surface area contributed by atoms with Gasteiger partial charge in [-0.1, -0.05) is 6.07 Å². The Morgan fingerprint density at radius 2 is 1.67 bits per heavy atom. The van der Waals surface area contributed by atoms with Crippen LogP contribution in [-0.2, 0) is 10.0 Å². The Hall–Kier alpha value is -3.39. The van der Waals surface area contributed by atoms with Crippen molar-refractivity contribution < 1.29 is 22.3 Å². The summed E-state index contributed by atoms with van der Waals surface area (Å²) in [4.78, 5) is 12.4. The van der Waals surface area contributed by atoms with Crippen LogP contribution in [0.1, 0.15) is 22.8 Å². The molecule has 0 aliphatic rings. The van der Waals surface area contributed by atoms with Crippen LogP contribution >= 0.6 is 0 Å². The highest BCUT2D eigenvalue weighted by atomic mass is 32.2. The number of benzene rings is 3. The van der Waals surface area contributed by atoms with Crippen LogP contribution in [0.3, 0.4) is 0 Å². The van der Waals surface area contributed by atoms with E-state index in [0.717, 1.165) is 0 Å². The molecule has 0 aliphatic heterocycles. The van der Waals surface area contributed by atoms with E-state index in [1.54, 1.807) is 37.3 Å². The lowest BCUT2D eigenvalue weighted by Gasteiger charge is -2.11. The Bertz CT molecular complexity index is 1140. The number of rotatable bonds is 7. The van der Waals surface area contributed by atoms with Crippen molar-refractivity contribution in [3.05, 3.63) is 83.7 Å². The number of carbonyl (C=O) groups excluding carboxylic acids is 1. The molecular formula is C22H21FN2O4S. The molecule has 156 valence electrons. The first-order valence-electron chi connectivity index (χ1n) is 9.22. The van der Waals surface area contributed by atoms with Crippen LogP contribution in [0.15, 0.2) is 71.6 Å². The van der Waals surface area contributed by atoms with E-state index < -0.39 is 21.7 Å². The molecule has 8 heteroatoms. The third-order valence-corrected chi connectivity index (χ3v) is 5.69. The van der Waals surface area contributed by atoms with Crippen LogP contribution in [0.2, 0.25) is 0 Å². The van der Waals surface area contributed by atoms with Gasteiger partial charge in [0.2, 0.25) is 0 Å². The predicted octanol–water partition coefficient (Wildman–Crippen LogP) is 4.59. The van der Waals surface area contributed by atoms with E-state index in [4.69, 9.17) is 4.74 Å². The monoisotopic (exact) mass is 428 g/mol. The summed E-state index contributed by atoms with van der Waals surface area (Å²) in [5.74, 6) is -0.283. The number of carbonyl (C=O) groups is 1. The summed E-state index contributed by atoms with van der Waals surface area (Å²) in [6.07, 6.45) is 0. The lowest BCUT2D eigenvalue weighted by Crippen LogP contribution is -2.15. The lowest BCUT2D eigenvalue weighted by molar-refractivity contribution is 0.102. The Morgan fingerprint density at radius 1 is 1.00 bits per heavy atom. The van der Waals surface area contributed by atoms with Gasteiger partial charge in [-0.05, 0) is 80.1 Å². The highest BCUT2D eigenvalue weighted by Gasteiger charge is 2.16. The molecule has 3 rings (SSSR count). The predicted molar refractivity (Wildman–Crippen MR) is 114 cm³/mol. The van der Waals surface area contributed by atoms with Gasteiger partial charge in [0.1, 0.15) is 11.6 Å². The van der Waals surface area contributed by atoms with Crippen molar-refractivity contribution in [2.24, 2.45) is 0 Å². The summed E-state index contributed by atoms with van der Waals surface area (Å²) >= 11 is 0. The molecular weight excluding hydrogens is 407 g/mol. The van der Waals surface area contributed by atoms with Crippen LogP contribution in [-0.4, -0.2) is 20.9 Å². The second-order valence-corrected chi connectivity index (χ2v) is 8.18. The zero-order valence-electron chi connectivity index (χ0n) is 16.5. The van der Waals surface area contributed by atoms with Gasteiger partial charge in [-0.2, -0.15) is 0 Å². The SMILES string of the molecule is CCOc1ccc(NS(=O)(=O)c2ccc(C(=O)Nc3cc(F)ccc3C)cc2)cc1. The molecule has 6 nitrogen and oxygen atoms in total. The van der Waals surface area contributed by atoms with Crippen molar-refractivity contribution in [1.29, 1.82) is 0 Å². The van der Waals surface area contributed by atoms with E-state index >= 15 is 0 Å². The minimum atomic E-state index is -3.82. The molecule has 0 spiro atoms. The summed E-state index contributed by atoms with van der Waals surface area (Å²) in [6.45, 7) is 4.13. The molecule has 0 heterocycles. The number of sulfonamides is 1. The summed E-state index contributed by atoms with van der Waals surface area (Å²) in [5, 5.41) is 2.63. The summed E-state index contributed by atoms with van der Waals surface area (Å²) in [6, 6.07) is 16.1. The summed E-state index contributed by atoms with van der Waals surface area (Å²) in [5.41, 5.74) is 1.71. The van der Waals surface area contributed by atoms with Gasteiger partial charge in [-0.25, -0.2) is 12.8 Å². The van der Waals surface area contributed by atoms with Crippen molar-refractivity contribution in [2.45, 2.75) is 18.7 Å². The molecule has 0 atom stereocenters. The van der Waals surface area contributed by atoms with E-state index in [-0.39, 0.29) is 10.5 Å². The molecule has 3 aromatic carbocycles. The van der Waals surface area contributed by atoms with Crippen molar-refractivity contribution in [3.63, 3.8) is 0 Å². The molecule has 0 aromatic heterocycles. The molecule has 0 radical (unpaired) electrons. The molecule has 3 aromatic rings. The van der Waals surface area contributed by atoms with Gasteiger partial charge >= 0.3 is 0 Å². The van der Waals surface area contributed by atoms with Crippen molar-refractivity contribution in [1.82, 2.24) is 0 Å². The first kappa shape index (κ1) is 21.3. The Balaban J connectivity index is 1.72. The molecule has 1 amide bonds. The number of amides is 1. The topological polar surface area (TPSA) is 84.5 Å². The maximum atomic E-state index is 13.4. The second-order valence-electron chi connectivity index (χ2n) is 6.50. The fourth-order valence-corrected chi connectivity index (χ4v) is 3.77. The van der Waals surface area contributed by atoms with E-state index in [9.17, 15) is 17.6 Å². The maximum Gasteiger partial charge on any atom is 0.261 e. The molecule has 0 saturated carbocycles. The Morgan fingerprint density at radius 3 is 2.30 bits per heavy atom. The van der Waals surface area contributed by atoms with Gasteiger partial charge in [0.25, 0.3) is 15.9 Å². The third kappa shape index (κ3) is 5.15. The average Bonchev–Trinajstić information content (AvgIpc) is 2.72. The van der Waals surface area contributed by atoms with E-state index in [1.807, 2.05) is 6.92 Å². The molecule has 0 aliphatic carbocycles. The largest absolute Gasteiger partial charge is 0.494 e. The van der Waals surface area contributed by atoms with Crippen LogP contribution in [0.5, 0.6) is 5.75 Å². The van der Waals surface area contributed by atoms with Gasteiger partial charge in [0, 0.05) is 16.9 Å². The number of ether oxygens (including phenoxy) is 1. The van der Waals surface area contributed by atoms with Gasteiger partial charge in [0.05, 0.1) is 11.5 Å². The fraction of sp³-hybridized carbons (Fsp3) is 0.136. The maximum absolute atomic E-state index is 13.4. The van der Waals surface area contributed by atoms with Gasteiger partial charge in [-0.3, -0.25) is 9.52 Å². The zero-order valence-corrected chi connectivity index (χ0v) is 17.3. The van der Waals surface area contributed by atoms with E-state index in [1.165, 1.54) is 36.4 Å². The molecule has 2 N–H and O–H groups in total. The normalized spacial score (nSPS) is 11.0. The third-order valence-electron chi connectivity index (χ3n) is 4.29. The fourth-order valence-electron chi connectivity index (χ4n) is 2.71. The molecule has 0 unspecified atom stereocenters. The van der Waals surface area contributed by atoms with Crippen LogP contribution in [0.25, 0.3) is 0 Å². The number of aryl methyl sites for hydroxylation is 1. The van der Waals surface area contributed by atoms with Gasteiger partial charge < -0.3 is 10.1 Å². The molecule has 0 saturated heterocycles. The van der Waals surface area contributed by atoms with E-state index in [2.05, 4.69) is 10.0 Å². The highest BCUT2D eigenvalue weighted by molar-refractivity contribution is 7.92. The summed E-state index contributed by atoms with van der Waals surface area (Å²) in [7, 11) is -3.82. The quantitative estimate of drug-likeness (QED) is 0.577. The minimum absolute atomic E-state index is 0.00914. The number of hydrogen-bond acceptors (Lipinski definition) is 4. The van der Waals surface area contributed by atoms with Crippen molar-refractivity contribution in [2.75, 3.05) is 16.6 Å². The Labute approximate surface area is 174 Å². The van der Waals surface area contributed by atoms with E-state index in [0.29, 0.717) is 29.3 Å². The van der Waals surface area contributed by atoms with Crippen LogP contribution in [0.4, 0.5) is 15.8 Å². The lowest BCUT2D eigenvalue weighted by atomic mass is 10.1. The minimum Gasteiger partial charge on any atom is -0.494 e. The molecule has 0 fully saturated rings. The zero-order chi connectivity index (χ0) is 21.7. The highest BCUT2D eigenvalue weighted by Crippen LogP contribution is 2.21.